The molecule has 1 saturated heterocycles. The molecule has 2 aromatic carbocycles. The van der Waals surface area contributed by atoms with Gasteiger partial charge in [0.25, 0.3) is 5.91 Å². The zero-order valence-electron chi connectivity index (χ0n) is 16.2. The van der Waals surface area contributed by atoms with E-state index < -0.39 is 62.1 Å². The second kappa shape index (κ2) is 8.22. The smallest absolute Gasteiger partial charge is 0.325 e. The fourth-order valence-electron chi connectivity index (χ4n) is 3.02. The number of rotatable bonds is 6. The van der Waals surface area contributed by atoms with Crippen molar-refractivity contribution in [1.82, 2.24) is 10.2 Å². The predicted octanol–water partition coefficient (Wildman–Crippen LogP) is 2.37. The van der Waals surface area contributed by atoms with Gasteiger partial charge in [0.05, 0.1) is 4.90 Å². The Morgan fingerprint density at radius 2 is 1.72 bits per heavy atom. The average Bonchev–Trinajstić information content (AvgIpc) is 2.94. The monoisotopic (exact) mass is 473 g/mol. The second-order valence-electron chi connectivity index (χ2n) is 6.95. The molecule has 0 aliphatic carbocycles. The second-order valence-corrected chi connectivity index (χ2v) is 8.87. The van der Waals surface area contributed by atoms with E-state index in [0.717, 1.165) is 42.5 Å². The van der Waals surface area contributed by atoms with Gasteiger partial charge in [0.1, 0.15) is 12.1 Å². The number of carbonyl (C=O) groups is 3. The topological polar surface area (TPSA) is 113 Å². The molecule has 1 aliphatic heterocycles. The maximum absolute atomic E-state index is 13.6. The minimum Gasteiger partial charge on any atom is -0.325 e. The number of nitrogens with zero attached hydrogens (tertiary/aromatic N) is 1. The molecule has 1 heterocycles. The summed E-state index contributed by atoms with van der Waals surface area (Å²) in [6.07, 6.45) is 0. The SMILES string of the molecule is CC1(c2ccc(F)c(F)c2)NC(=O)N(CC(=O)Nc2ccc(S(=O)(=O)C(F)F)cc2)C1=O. The number of imide groups is 1. The molecule has 1 unspecified atom stereocenters. The highest BCUT2D eigenvalue weighted by molar-refractivity contribution is 7.91. The molecule has 3 rings (SSSR count). The van der Waals surface area contributed by atoms with Crippen molar-refractivity contribution < 1.29 is 40.4 Å². The van der Waals surface area contributed by atoms with Gasteiger partial charge in [-0.2, -0.15) is 8.78 Å². The zero-order chi connectivity index (χ0) is 23.8. The van der Waals surface area contributed by atoms with E-state index in [2.05, 4.69) is 10.6 Å². The Kier molecular flexibility index (Phi) is 5.96. The maximum Gasteiger partial charge on any atom is 0.341 e. The number of hydrogen-bond donors (Lipinski definition) is 2. The lowest BCUT2D eigenvalue weighted by atomic mass is 9.92. The highest BCUT2D eigenvalue weighted by Crippen LogP contribution is 2.30. The van der Waals surface area contributed by atoms with Crippen LogP contribution in [0.1, 0.15) is 12.5 Å². The summed E-state index contributed by atoms with van der Waals surface area (Å²) in [5.74, 6) is -7.71. The third kappa shape index (κ3) is 4.15. The summed E-state index contributed by atoms with van der Waals surface area (Å²) in [6, 6.07) is 5.57. The Morgan fingerprint density at radius 1 is 1.09 bits per heavy atom. The zero-order valence-corrected chi connectivity index (χ0v) is 17.1. The van der Waals surface area contributed by atoms with E-state index in [1.165, 1.54) is 6.92 Å². The Labute approximate surface area is 179 Å². The van der Waals surface area contributed by atoms with Gasteiger partial charge in [-0.25, -0.2) is 22.0 Å². The maximum atomic E-state index is 13.6. The first-order valence-corrected chi connectivity index (χ1v) is 10.4. The van der Waals surface area contributed by atoms with Crippen LogP contribution in [-0.4, -0.2) is 43.5 Å². The summed E-state index contributed by atoms with van der Waals surface area (Å²) in [6.45, 7) is 0.515. The summed E-state index contributed by atoms with van der Waals surface area (Å²) in [7, 11) is -4.80. The van der Waals surface area contributed by atoms with Crippen molar-refractivity contribution >= 4 is 33.4 Å². The van der Waals surface area contributed by atoms with Gasteiger partial charge in [0.2, 0.25) is 15.7 Å². The third-order valence-electron chi connectivity index (χ3n) is 4.77. The molecule has 32 heavy (non-hydrogen) atoms. The summed E-state index contributed by atoms with van der Waals surface area (Å²) >= 11 is 0. The minimum absolute atomic E-state index is 0.0265. The van der Waals surface area contributed by atoms with Crippen LogP contribution in [0.4, 0.5) is 28.0 Å². The van der Waals surface area contributed by atoms with Crippen LogP contribution in [0.3, 0.4) is 0 Å². The fourth-order valence-corrected chi connectivity index (χ4v) is 3.74. The lowest BCUT2D eigenvalue weighted by Crippen LogP contribution is -2.42. The molecule has 2 aromatic rings. The van der Waals surface area contributed by atoms with Gasteiger partial charge in [-0.1, -0.05) is 6.07 Å². The Hall–Kier alpha value is -3.48. The van der Waals surface area contributed by atoms with Crippen molar-refractivity contribution in [3.8, 4) is 0 Å². The molecule has 4 amide bonds. The summed E-state index contributed by atoms with van der Waals surface area (Å²) in [5.41, 5.74) is -1.75. The van der Waals surface area contributed by atoms with Crippen LogP contribution in [-0.2, 0) is 25.0 Å². The van der Waals surface area contributed by atoms with E-state index in [-0.39, 0.29) is 11.3 Å². The van der Waals surface area contributed by atoms with E-state index in [1.54, 1.807) is 0 Å². The van der Waals surface area contributed by atoms with Crippen LogP contribution in [0.5, 0.6) is 0 Å². The van der Waals surface area contributed by atoms with Crippen LogP contribution < -0.4 is 10.6 Å². The molecule has 2 N–H and O–H groups in total. The molecule has 13 heteroatoms. The molecule has 0 spiro atoms. The number of hydrogen-bond acceptors (Lipinski definition) is 5. The number of sulfone groups is 1. The average molecular weight is 473 g/mol. The third-order valence-corrected chi connectivity index (χ3v) is 6.17. The lowest BCUT2D eigenvalue weighted by molar-refractivity contribution is -0.133. The largest absolute Gasteiger partial charge is 0.341 e. The Balaban J connectivity index is 1.72. The van der Waals surface area contributed by atoms with Gasteiger partial charge in [-0.3, -0.25) is 14.5 Å². The first-order valence-electron chi connectivity index (χ1n) is 8.88. The van der Waals surface area contributed by atoms with E-state index in [4.69, 9.17) is 0 Å². The number of amides is 4. The molecule has 0 radical (unpaired) electrons. The molecule has 0 bridgehead atoms. The van der Waals surface area contributed by atoms with Crippen molar-refractivity contribution in [1.29, 1.82) is 0 Å². The van der Waals surface area contributed by atoms with E-state index >= 15 is 0 Å². The number of urea groups is 1. The van der Waals surface area contributed by atoms with Crippen molar-refractivity contribution in [3.63, 3.8) is 0 Å². The highest BCUT2D eigenvalue weighted by Gasteiger charge is 2.49. The molecule has 170 valence electrons. The van der Waals surface area contributed by atoms with Crippen molar-refractivity contribution in [2.45, 2.75) is 23.1 Å². The van der Waals surface area contributed by atoms with Gasteiger partial charge in [0, 0.05) is 5.69 Å². The number of benzene rings is 2. The summed E-state index contributed by atoms with van der Waals surface area (Å²) < 4.78 is 74.7. The molecule has 0 saturated carbocycles. The summed E-state index contributed by atoms with van der Waals surface area (Å²) in [4.78, 5) is 37.2. The molecule has 1 atom stereocenters. The number of alkyl halides is 2. The van der Waals surface area contributed by atoms with Gasteiger partial charge < -0.3 is 10.6 Å². The van der Waals surface area contributed by atoms with E-state index in [1.807, 2.05) is 0 Å². The summed E-state index contributed by atoms with van der Waals surface area (Å²) in [5, 5.41) is 4.62. The van der Waals surface area contributed by atoms with Crippen LogP contribution >= 0.6 is 0 Å². The molecular weight excluding hydrogens is 458 g/mol. The minimum atomic E-state index is -4.80. The standard InChI is InChI=1S/C19H15F4N3O5S/c1-19(10-2-7-13(20)14(21)8-10)16(28)26(18(29)25-19)9-15(27)24-11-3-5-12(6-4-11)32(30,31)17(22)23/h2-8,17H,9H2,1H3,(H,24,27)(H,25,29). The van der Waals surface area contributed by atoms with E-state index in [0.29, 0.717) is 4.90 Å². The number of carbonyl (C=O) groups excluding carboxylic acids is 3. The van der Waals surface area contributed by atoms with Crippen LogP contribution in [0.25, 0.3) is 0 Å². The molecule has 1 fully saturated rings. The molecule has 1 aliphatic rings. The molecular formula is C19H15F4N3O5S. The normalized spacial score (nSPS) is 18.8. The van der Waals surface area contributed by atoms with Gasteiger partial charge >= 0.3 is 11.8 Å². The predicted molar refractivity (Wildman–Crippen MR) is 102 cm³/mol. The Bertz CT molecular complexity index is 1200. The lowest BCUT2D eigenvalue weighted by Gasteiger charge is -2.22. The van der Waals surface area contributed by atoms with E-state index in [9.17, 15) is 40.4 Å². The molecule has 8 nitrogen and oxygen atoms in total. The van der Waals surface area contributed by atoms with Gasteiger partial charge in [0.15, 0.2) is 11.6 Å². The Morgan fingerprint density at radius 3 is 2.28 bits per heavy atom. The van der Waals surface area contributed by atoms with Crippen molar-refractivity contribution in [2.24, 2.45) is 0 Å². The number of anilines is 1. The van der Waals surface area contributed by atoms with Crippen molar-refractivity contribution in [2.75, 3.05) is 11.9 Å². The number of nitrogens with one attached hydrogen (secondary N) is 2. The fraction of sp³-hybridized carbons (Fsp3) is 0.211. The molecule has 0 aromatic heterocycles. The van der Waals surface area contributed by atoms with Crippen LogP contribution in [0.2, 0.25) is 0 Å². The van der Waals surface area contributed by atoms with Gasteiger partial charge in [-0.15, -0.1) is 0 Å². The highest BCUT2D eigenvalue weighted by atomic mass is 32.2. The first-order chi connectivity index (χ1) is 14.9. The van der Waals surface area contributed by atoms with Crippen molar-refractivity contribution in [3.05, 3.63) is 59.7 Å². The van der Waals surface area contributed by atoms with Crippen LogP contribution in [0.15, 0.2) is 47.4 Å². The van der Waals surface area contributed by atoms with Crippen LogP contribution in [0, 0.1) is 11.6 Å². The first kappa shape index (κ1) is 23.2. The number of halogens is 4. The van der Waals surface area contributed by atoms with Gasteiger partial charge in [-0.05, 0) is 48.9 Å². The quantitative estimate of drug-likeness (QED) is 0.494.